The van der Waals surface area contributed by atoms with Crippen molar-refractivity contribution in [2.24, 2.45) is 0 Å². The number of benzene rings is 1. The fourth-order valence-electron chi connectivity index (χ4n) is 3.27. The Morgan fingerprint density at radius 2 is 1.93 bits per heavy atom. The number of carbonyl (C=O) groups is 1. The highest BCUT2D eigenvalue weighted by Crippen LogP contribution is 2.25. The number of rotatable bonds is 5. The van der Waals surface area contributed by atoms with E-state index in [0.717, 1.165) is 42.1 Å². The van der Waals surface area contributed by atoms with Gasteiger partial charge >= 0.3 is 0 Å². The molecule has 1 aromatic carbocycles. The summed E-state index contributed by atoms with van der Waals surface area (Å²) in [5.74, 6) is 0.979. The van der Waals surface area contributed by atoms with Gasteiger partial charge in [0.1, 0.15) is 12.7 Å². The Morgan fingerprint density at radius 1 is 1.11 bits per heavy atom. The number of aromatic nitrogens is 4. The Labute approximate surface area is 162 Å². The second-order valence-corrected chi connectivity index (χ2v) is 7.62. The van der Waals surface area contributed by atoms with Gasteiger partial charge in [-0.1, -0.05) is 6.07 Å². The van der Waals surface area contributed by atoms with Crippen LogP contribution in [-0.4, -0.2) is 43.6 Å². The van der Waals surface area contributed by atoms with Crippen molar-refractivity contribution in [2.45, 2.75) is 29.5 Å². The van der Waals surface area contributed by atoms with Crippen molar-refractivity contribution in [1.29, 1.82) is 0 Å². The lowest BCUT2D eigenvalue weighted by molar-refractivity contribution is 0.0690. The number of hydrogen-bond acceptors (Lipinski definition) is 5. The van der Waals surface area contributed by atoms with Gasteiger partial charge < -0.3 is 4.90 Å². The zero-order valence-corrected chi connectivity index (χ0v) is 15.8. The first kappa shape index (κ1) is 17.7. The molecule has 3 aromatic rings. The summed E-state index contributed by atoms with van der Waals surface area (Å²) in [6.07, 6.45) is 8.80. The summed E-state index contributed by atoms with van der Waals surface area (Å²) in [6.45, 7) is 1.50. The Hall–Kier alpha value is -2.67. The maximum absolute atomic E-state index is 12.8. The van der Waals surface area contributed by atoms with Gasteiger partial charge in [-0.15, -0.1) is 11.8 Å². The van der Waals surface area contributed by atoms with Crippen LogP contribution in [0.25, 0.3) is 0 Å². The van der Waals surface area contributed by atoms with Crippen LogP contribution in [0.5, 0.6) is 0 Å². The average molecular weight is 379 g/mol. The molecule has 0 aliphatic carbocycles. The third-order valence-corrected chi connectivity index (χ3v) is 5.88. The molecule has 0 spiro atoms. The van der Waals surface area contributed by atoms with E-state index in [4.69, 9.17) is 0 Å². The highest BCUT2D eigenvalue weighted by molar-refractivity contribution is 7.98. The Bertz CT molecular complexity index is 859. The first-order valence-electron chi connectivity index (χ1n) is 9.05. The molecule has 0 atom stereocenters. The van der Waals surface area contributed by atoms with E-state index in [1.165, 1.54) is 5.56 Å². The molecule has 0 unspecified atom stereocenters. The molecule has 4 rings (SSSR count). The van der Waals surface area contributed by atoms with Crippen molar-refractivity contribution in [2.75, 3.05) is 13.1 Å². The molecule has 0 radical (unpaired) electrons. The predicted octanol–water partition coefficient (Wildman–Crippen LogP) is 3.44. The number of thioether (sulfide) groups is 1. The molecule has 1 aliphatic heterocycles. The minimum Gasteiger partial charge on any atom is -0.338 e. The third kappa shape index (κ3) is 4.36. The summed E-state index contributed by atoms with van der Waals surface area (Å²) in [6, 6.07) is 12.3. The van der Waals surface area contributed by atoms with Crippen LogP contribution in [0.1, 0.15) is 34.8 Å². The summed E-state index contributed by atoms with van der Waals surface area (Å²) >= 11 is 1.75. The topological polar surface area (TPSA) is 63.9 Å². The fraction of sp³-hybridized carbons (Fsp3) is 0.300. The molecule has 27 heavy (non-hydrogen) atoms. The molecule has 138 valence electrons. The van der Waals surface area contributed by atoms with Crippen molar-refractivity contribution >= 4 is 17.7 Å². The summed E-state index contributed by atoms with van der Waals surface area (Å²) < 4.78 is 1.90. The van der Waals surface area contributed by atoms with Crippen molar-refractivity contribution in [1.82, 2.24) is 24.6 Å². The smallest absolute Gasteiger partial charge is 0.253 e. The minimum absolute atomic E-state index is 0.107. The van der Waals surface area contributed by atoms with Crippen molar-refractivity contribution in [3.8, 4) is 0 Å². The van der Waals surface area contributed by atoms with Crippen LogP contribution in [0.3, 0.4) is 0 Å². The van der Waals surface area contributed by atoms with Crippen molar-refractivity contribution in [3.63, 3.8) is 0 Å². The predicted molar refractivity (Wildman–Crippen MR) is 104 cm³/mol. The van der Waals surface area contributed by atoms with Gasteiger partial charge in [0, 0.05) is 41.7 Å². The lowest BCUT2D eigenvalue weighted by Gasteiger charge is -2.32. The lowest BCUT2D eigenvalue weighted by atomic mass is 10.0. The molecule has 3 heterocycles. The van der Waals surface area contributed by atoms with Gasteiger partial charge in [-0.05, 0) is 48.7 Å². The van der Waals surface area contributed by atoms with Crippen LogP contribution in [0.4, 0.5) is 0 Å². The Kier molecular flexibility index (Phi) is 5.48. The summed E-state index contributed by atoms with van der Waals surface area (Å²) in [5.41, 5.74) is 1.94. The second-order valence-electron chi connectivity index (χ2n) is 6.57. The van der Waals surface area contributed by atoms with Crippen LogP contribution >= 0.6 is 11.8 Å². The highest BCUT2D eigenvalue weighted by atomic mass is 32.2. The first-order valence-corrected chi connectivity index (χ1v) is 10.0. The molecule has 6 nitrogen and oxygen atoms in total. The number of amides is 1. The van der Waals surface area contributed by atoms with Gasteiger partial charge in [0.2, 0.25) is 0 Å². The standard InChI is InChI=1S/C20H21N5OS/c26-20(24-10-7-18(8-11-24)25-15-22-14-23-25)17-3-5-19(6-4-17)27-13-16-2-1-9-21-12-16/h1-6,9,12,14-15,18H,7-8,10-11,13H2. The van der Waals surface area contributed by atoms with Crippen molar-refractivity contribution in [3.05, 3.63) is 72.6 Å². The maximum atomic E-state index is 12.8. The molecule has 1 saturated heterocycles. The average Bonchev–Trinajstić information content (AvgIpc) is 3.28. The van der Waals surface area contributed by atoms with Gasteiger partial charge in [-0.2, -0.15) is 5.10 Å². The summed E-state index contributed by atoms with van der Waals surface area (Å²) in [7, 11) is 0. The van der Waals surface area contributed by atoms with Crippen molar-refractivity contribution < 1.29 is 4.79 Å². The third-order valence-electron chi connectivity index (χ3n) is 4.79. The fourth-order valence-corrected chi connectivity index (χ4v) is 4.10. The second kappa shape index (κ2) is 8.35. The molecule has 0 N–H and O–H groups in total. The quantitative estimate of drug-likeness (QED) is 0.636. The van der Waals surface area contributed by atoms with E-state index in [2.05, 4.69) is 21.1 Å². The molecule has 1 amide bonds. The van der Waals surface area contributed by atoms with E-state index < -0.39 is 0 Å². The van der Waals surface area contributed by atoms with Gasteiger partial charge in [0.25, 0.3) is 5.91 Å². The first-order chi connectivity index (χ1) is 13.3. The van der Waals surface area contributed by atoms with E-state index in [1.807, 2.05) is 46.1 Å². The van der Waals surface area contributed by atoms with E-state index >= 15 is 0 Å². The molecule has 1 fully saturated rings. The zero-order valence-electron chi connectivity index (χ0n) is 14.9. The van der Waals surface area contributed by atoms with E-state index in [9.17, 15) is 4.79 Å². The monoisotopic (exact) mass is 379 g/mol. The van der Waals surface area contributed by atoms with E-state index in [1.54, 1.807) is 30.6 Å². The molecule has 0 saturated carbocycles. The van der Waals surface area contributed by atoms with E-state index in [-0.39, 0.29) is 5.91 Å². The van der Waals surface area contributed by atoms with Gasteiger partial charge in [0.15, 0.2) is 0 Å². The van der Waals surface area contributed by atoms with Gasteiger partial charge in [0.05, 0.1) is 6.04 Å². The maximum Gasteiger partial charge on any atom is 0.253 e. The molecule has 7 heteroatoms. The normalized spacial score (nSPS) is 15.0. The largest absolute Gasteiger partial charge is 0.338 e. The lowest BCUT2D eigenvalue weighted by Crippen LogP contribution is -2.39. The molecule has 2 aromatic heterocycles. The molecule has 1 aliphatic rings. The number of piperidine rings is 1. The Morgan fingerprint density at radius 3 is 2.59 bits per heavy atom. The minimum atomic E-state index is 0.107. The zero-order chi connectivity index (χ0) is 18.5. The summed E-state index contributed by atoms with van der Waals surface area (Å²) in [5, 5.41) is 4.21. The number of hydrogen-bond donors (Lipinski definition) is 0. The number of nitrogens with zero attached hydrogens (tertiary/aromatic N) is 5. The SMILES string of the molecule is O=C(c1ccc(SCc2cccnc2)cc1)N1CCC(n2cncn2)CC1. The summed E-state index contributed by atoms with van der Waals surface area (Å²) in [4.78, 5) is 24.0. The molecular weight excluding hydrogens is 358 g/mol. The number of carbonyl (C=O) groups excluding carboxylic acids is 1. The van der Waals surface area contributed by atoms with Gasteiger partial charge in [-0.3, -0.25) is 9.78 Å². The number of likely N-dealkylation sites (tertiary alicyclic amines) is 1. The van der Waals surface area contributed by atoms with Crippen LogP contribution in [-0.2, 0) is 5.75 Å². The van der Waals surface area contributed by atoms with Crippen LogP contribution < -0.4 is 0 Å². The molecule has 0 bridgehead atoms. The van der Waals surface area contributed by atoms with Gasteiger partial charge in [-0.25, -0.2) is 9.67 Å². The van der Waals surface area contributed by atoms with E-state index in [0.29, 0.717) is 6.04 Å². The van der Waals surface area contributed by atoms with Crippen LogP contribution in [0.2, 0.25) is 0 Å². The van der Waals surface area contributed by atoms with Crippen LogP contribution in [0.15, 0.2) is 66.3 Å². The highest BCUT2D eigenvalue weighted by Gasteiger charge is 2.24. The number of pyridine rings is 1. The Balaban J connectivity index is 1.31. The molecular formula is C20H21N5OS. The van der Waals surface area contributed by atoms with Crippen LogP contribution in [0, 0.1) is 0 Å².